The average Bonchev–Trinajstić information content (AvgIpc) is 2.89. The predicted octanol–water partition coefficient (Wildman–Crippen LogP) is -0.253. The Hall–Kier alpha value is -1.74. The number of sulfonamides is 1. The highest BCUT2D eigenvalue weighted by Gasteiger charge is 2.34. The summed E-state index contributed by atoms with van der Waals surface area (Å²) in [4.78, 5) is 22.5. The van der Waals surface area contributed by atoms with Crippen molar-refractivity contribution in [1.82, 2.24) is 20.0 Å². The van der Waals surface area contributed by atoms with Crippen molar-refractivity contribution in [3.63, 3.8) is 0 Å². The number of carbonyl (C=O) groups is 1. The van der Waals surface area contributed by atoms with E-state index in [1.54, 1.807) is 18.5 Å². The van der Waals surface area contributed by atoms with Gasteiger partial charge >= 0.3 is 0 Å². The maximum atomic E-state index is 12.0. The van der Waals surface area contributed by atoms with Crippen molar-refractivity contribution in [2.75, 3.05) is 30.8 Å². The van der Waals surface area contributed by atoms with E-state index < -0.39 is 10.0 Å². The van der Waals surface area contributed by atoms with Gasteiger partial charge in [0, 0.05) is 25.5 Å². The molecule has 2 atom stereocenters. The summed E-state index contributed by atoms with van der Waals surface area (Å²) in [6.45, 7) is 3.27. The number of hydrogen-bond donors (Lipinski definition) is 2. The molecule has 0 bridgehead atoms. The van der Waals surface area contributed by atoms with Gasteiger partial charge in [0.1, 0.15) is 0 Å². The highest BCUT2D eigenvalue weighted by Crippen LogP contribution is 2.24. The minimum Gasteiger partial charge on any atom is -0.350 e. The standard InChI is InChI=1S/C14H23N5O3S/c1-3-5-11-9-19(14-15-6-4-7-16-14)10-12(11)18-13(20)8-17-23(2,21)22/h4,6-7,11-12,17H,3,5,8-10H2,1-2H3,(H,18,20)/t11-,12-/m0/s1. The van der Waals surface area contributed by atoms with E-state index in [1.807, 2.05) is 0 Å². The van der Waals surface area contributed by atoms with E-state index in [2.05, 4.69) is 31.8 Å². The third-order valence-electron chi connectivity index (χ3n) is 3.78. The number of anilines is 1. The third-order valence-corrected chi connectivity index (χ3v) is 4.45. The van der Waals surface area contributed by atoms with Crippen LogP contribution in [0.15, 0.2) is 18.5 Å². The van der Waals surface area contributed by atoms with Crippen molar-refractivity contribution < 1.29 is 13.2 Å². The molecule has 2 heterocycles. The van der Waals surface area contributed by atoms with Crippen molar-refractivity contribution in [3.8, 4) is 0 Å². The second kappa shape index (κ2) is 7.69. The van der Waals surface area contributed by atoms with E-state index >= 15 is 0 Å². The van der Waals surface area contributed by atoms with Crippen LogP contribution < -0.4 is 14.9 Å². The molecular weight excluding hydrogens is 318 g/mol. The maximum Gasteiger partial charge on any atom is 0.235 e. The number of hydrogen-bond acceptors (Lipinski definition) is 6. The molecule has 1 aliphatic rings. The van der Waals surface area contributed by atoms with Crippen molar-refractivity contribution in [2.24, 2.45) is 5.92 Å². The van der Waals surface area contributed by atoms with Crippen LogP contribution in [-0.2, 0) is 14.8 Å². The quantitative estimate of drug-likeness (QED) is 0.708. The summed E-state index contributed by atoms with van der Waals surface area (Å²) in [7, 11) is -3.37. The van der Waals surface area contributed by atoms with Gasteiger partial charge in [-0.15, -0.1) is 0 Å². The number of nitrogens with one attached hydrogen (secondary N) is 2. The molecular formula is C14H23N5O3S. The molecule has 1 aromatic heterocycles. The van der Waals surface area contributed by atoms with Gasteiger partial charge in [0.2, 0.25) is 21.9 Å². The Balaban J connectivity index is 1.97. The predicted molar refractivity (Wildman–Crippen MR) is 87.4 cm³/mol. The topological polar surface area (TPSA) is 104 Å². The summed E-state index contributed by atoms with van der Waals surface area (Å²) in [5.74, 6) is 0.628. The van der Waals surface area contributed by atoms with Crippen LogP contribution in [0.3, 0.4) is 0 Å². The molecule has 0 radical (unpaired) electrons. The lowest BCUT2D eigenvalue weighted by Crippen LogP contribution is -2.45. The Morgan fingerprint density at radius 2 is 2.04 bits per heavy atom. The summed E-state index contributed by atoms with van der Waals surface area (Å²) in [6, 6.07) is 1.73. The molecule has 23 heavy (non-hydrogen) atoms. The fourth-order valence-electron chi connectivity index (χ4n) is 2.77. The summed E-state index contributed by atoms with van der Waals surface area (Å²) in [5, 5.41) is 2.92. The van der Waals surface area contributed by atoms with E-state index in [9.17, 15) is 13.2 Å². The van der Waals surface area contributed by atoms with Crippen LogP contribution in [0.4, 0.5) is 5.95 Å². The van der Waals surface area contributed by atoms with Crippen LogP contribution in [0.1, 0.15) is 19.8 Å². The molecule has 1 aliphatic heterocycles. The third kappa shape index (κ3) is 5.43. The first kappa shape index (κ1) is 17.6. The Kier molecular flexibility index (Phi) is 5.89. The van der Waals surface area contributed by atoms with Crippen LogP contribution in [0.2, 0.25) is 0 Å². The number of carbonyl (C=O) groups excluding carboxylic acids is 1. The lowest BCUT2D eigenvalue weighted by atomic mass is 9.98. The molecule has 2 rings (SSSR count). The minimum absolute atomic E-state index is 0.0346. The molecule has 1 fully saturated rings. The molecule has 0 saturated carbocycles. The molecule has 9 heteroatoms. The van der Waals surface area contributed by atoms with Gasteiger partial charge < -0.3 is 10.2 Å². The monoisotopic (exact) mass is 341 g/mol. The number of rotatable bonds is 7. The molecule has 0 aromatic carbocycles. The summed E-state index contributed by atoms with van der Waals surface area (Å²) >= 11 is 0. The molecule has 8 nitrogen and oxygen atoms in total. The molecule has 128 valence electrons. The van der Waals surface area contributed by atoms with E-state index in [0.29, 0.717) is 18.4 Å². The Morgan fingerprint density at radius 3 is 2.65 bits per heavy atom. The van der Waals surface area contributed by atoms with Gasteiger partial charge in [-0.1, -0.05) is 13.3 Å². The minimum atomic E-state index is -3.37. The Bertz CT molecular complexity index is 623. The van der Waals surface area contributed by atoms with Gasteiger partial charge in [-0.3, -0.25) is 4.79 Å². The summed E-state index contributed by atoms with van der Waals surface area (Å²) in [5.41, 5.74) is 0. The highest BCUT2D eigenvalue weighted by atomic mass is 32.2. The van der Waals surface area contributed by atoms with Gasteiger partial charge in [-0.25, -0.2) is 23.1 Å². The second-order valence-electron chi connectivity index (χ2n) is 5.77. The van der Waals surface area contributed by atoms with E-state index in [-0.39, 0.29) is 18.5 Å². The Labute approximate surface area is 136 Å². The van der Waals surface area contributed by atoms with Crippen LogP contribution >= 0.6 is 0 Å². The van der Waals surface area contributed by atoms with E-state index in [0.717, 1.165) is 25.6 Å². The van der Waals surface area contributed by atoms with Gasteiger partial charge in [-0.2, -0.15) is 0 Å². The molecule has 0 aliphatic carbocycles. The van der Waals surface area contributed by atoms with Crippen molar-refractivity contribution in [1.29, 1.82) is 0 Å². The largest absolute Gasteiger partial charge is 0.350 e. The van der Waals surface area contributed by atoms with E-state index in [4.69, 9.17) is 0 Å². The van der Waals surface area contributed by atoms with Crippen molar-refractivity contribution in [3.05, 3.63) is 18.5 Å². The van der Waals surface area contributed by atoms with Gasteiger partial charge in [0.05, 0.1) is 18.8 Å². The van der Waals surface area contributed by atoms with Gasteiger partial charge in [0.15, 0.2) is 0 Å². The molecule has 1 aromatic rings. The first-order valence-electron chi connectivity index (χ1n) is 7.65. The van der Waals surface area contributed by atoms with Crippen LogP contribution in [0.25, 0.3) is 0 Å². The summed E-state index contributed by atoms with van der Waals surface area (Å²) < 4.78 is 24.3. The van der Waals surface area contributed by atoms with Crippen molar-refractivity contribution in [2.45, 2.75) is 25.8 Å². The first-order valence-corrected chi connectivity index (χ1v) is 9.54. The number of nitrogens with zero attached hydrogens (tertiary/aromatic N) is 3. The molecule has 0 spiro atoms. The van der Waals surface area contributed by atoms with Gasteiger partial charge in [0.25, 0.3) is 0 Å². The van der Waals surface area contributed by atoms with Gasteiger partial charge in [-0.05, 0) is 18.4 Å². The summed E-state index contributed by atoms with van der Waals surface area (Å²) in [6.07, 6.45) is 6.41. The lowest BCUT2D eigenvalue weighted by Gasteiger charge is -2.19. The molecule has 1 saturated heterocycles. The van der Waals surface area contributed by atoms with Crippen LogP contribution in [0, 0.1) is 5.92 Å². The zero-order valence-corrected chi connectivity index (χ0v) is 14.2. The zero-order valence-electron chi connectivity index (χ0n) is 13.4. The van der Waals surface area contributed by atoms with E-state index in [1.165, 1.54) is 0 Å². The first-order chi connectivity index (χ1) is 10.9. The molecule has 1 amide bonds. The van der Waals surface area contributed by atoms with Crippen LogP contribution in [-0.4, -0.2) is 56.2 Å². The number of aromatic nitrogens is 2. The second-order valence-corrected chi connectivity index (χ2v) is 7.60. The average molecular weight is 341 g/mol. The normalized spacial score (nSPS) is 21.4. The van der Waals surface area contributed by atoms with Crippen LogP contribution in [0.5, 0.6) is 0 Å². The molecule has 0 unspecified atom stereocenters. The lowest BCUT2D eigenvalue weighted by molar-refractivity contribution is -0.120. The molecule has 2 N–H and O–H groups in total. The van der Waals surface area contributed by atoms with Crippen molar-refractivity contribution >= 4 is 21.9 Å². The zero-order chi connectivity index (χ0) is 16.9. The fourth-order valence-corrected chi connectivity index (χ4v) is 3.16. The Morgan fingerprint density at radius 1 is 1.35 bits per heavy atom. The maximum absolute atomic E-state index is 12.0. The fraction of sp³-hybridized carbons (Fsp3) is 0.643. The number of amides is 1. The highest BCUT2D eigenvalue weighted by molar-refractivity contribution is 7.88. The smallest absolute Gasteiger partial charge is 0.235 e. The SMILES string of the molecule is CCC[C@H]1CN(c2ncccn2)C[C@@H]1NC(=O)CNS(C)(=O)=O.